The quantitative estimate of drug-likeness (QED) is 0.594. The Balaban J connectivity index is 1.75. The minimum atomic E-state index is 0.304. The van der Waals surface area contributed by atoms with E-state index in [9.17, 15) is 4.79 Å². The predicted octanol–water partition coefficient (Wildman–Crippen LogP) is 3.59. The van der Waals surface area contributed by atoms with Gasteiger partial charge in [-0.15, -0.1) is 11.3 Å². The van der Waals surface area contributed by atoms with Gasteiger partial charge in [0, 0.05) is 12.8 Å². The summed E-state index contributed by atoms with van der Waals surface area (Å²) in [6.07, 6.45) is 5.12. The van der Waals surface area contributed by atoms with E-state index >= 15 is 0 Å². The summed E-state index contributed by atoms with van der Waals surface area (Å²) in [7, 11) is 0. The third-order valence-corrected chi connectivity index (χ3v) is 6.07. The van der Waals surface area contributed by atoms with E-state index in [1.165, 1.54) is 49.8 Å². The molecule has 4 heterocycles. The lowest BCUT2D eigenvalue weighted by Gasteiger charge is -2.52. The van der Waals surface area contributed by atoms with Crippen LogP contribution in [0.3, 0.4) is 0 Å². The van der Waals surface area contributed by atoms with Crippen LogP contribution in [0.5, 0.6) is 0 Å². The Morgan fingerprint density at radius 3 is 2.84 bits per heavy atom. The van der Waals surface area contributed by atoms with Gasteiger partial charge in [0.05, 0.1) is 37.0 Å². The molecule has 0 amide bonds. The molecule has 0 radical (unpaired) electrons. The third kappa shape index (κ3) is 2.50. The van der Waals surface area contributed by atoms with E-state index < -0.39 is 0 Å². The molecule has 4 rings (SSSR count). The van der Waals surface area contributed by atoms with Gasteiger partial charge in [-0.3, -0.25) is 4.79 Å². The van der Waals surface area contributed by atoms with Gasteiger partial charge in [-0.1, -0.05) is 19.4 Å². The summed E-state index contributed by atoms with van der Waals surface area (Å²) >= 11 is 1.61. The Hall–Kier alpha value is -0.670. The van der Waals surface area contributed by atoms with Crippen LogP contribution in [0.15, 0.2) is 17.5 Å². The van der Waals surface area contributed by atoms with Crippen molar-refractivity contribution in [1.29, 1.82) is 0 Å². The molecular formula is C16H24NOS+. The van der Waals surface area contributed by atoms with E-state index in [0.717, 1.165) is 11.4 Å². The lowest BCUT2D eigenvalue weighted by Crippen LogP contribution is -2.63. The predicted molar refractivity (Wildman–Crippen MR) is 79.5 cm³/mol. The monoisotopic (exact) mass is 278 g/mol. The Bertz CT molecular complexity index is 432. The number of quaternary nitrogens is 1. The van der Waals surface area contributed by atoms with Crippen LogP contribution in [0, 0.1) is 11.8 Å². The van der Waals surface area contributed by atoms with Crippen LogP contribution in [0.25, 0.3) is 0 Å². The minimum absolute atomic E-state index is 0.304. The van der Waals surface area contributed by atoms with Gasteiger partial charge in [0.15, 0.2) is 5.78 Å². The molecule has 0 aromatic carbocycles. The fourth-order valence-electron chi connectivity index (χ4n) is 3.99. The molecular weight excluding hydrogens is 254 g/mol. The molecule has 2 nitrogen and oxygen atoms in total. The Labute approximate surface area is 120 Å². The lowest BCUT2D eigenvalue weighted by molar-refractivity contribution is -0.945. The van der Waals surface area contributed by atoms with Crippen molar-refractivity contribution in [2.75, 3.05) is 26.2 Å². The number of nitrogens with zero attached hydrogens (tertiary/aromatic N) is 1. The molecule has 3 heteroatoms. The summed E-state index contributed by atoms with van der Waals surface area (Å²) in [5.74, 6) is 1.40. The zero-order valence-corrected chi connectivity index (χ0v) is 12.6. The minimum Gasteiger partial charge on any atom is -0.323 e. The fraction of sp³-hybridized carbons (Fsp3) is 0.688. The number of thiophene rings is 1. The summed E-state index contributed by atoms with van der Waals surface area (Å²) in [5.41, 5.74) is 0. The fourth-order valence-corrected chi connectivity index (χ4v) is 4.72. The number of fused-ring (bicyclic) bond motifs is 3. The molecule has 0 saturated carbocycles. The summed E-state index contributed by atoms with van der Waals surface area (Å²) in [5, 5.41) is 2.02. The first kappa shape index (κ1) is 13.3. The zero-order chi connectivity index (χ0) is 13.3. The summed E-state index contributed by atoms with van der Waals surface area (Å²) in [6, 6.07) is 4.00. The topological polar surface area (TPSA) is 17.1 Å². The van der Waals surface area contributed by atoms with Crippen molar-refractivity contribution in [3.05, 3.63) is 22.4 Å². The van der Waals surface area contributed by atoms with Gasteiger partial charge in [0.25, 0.3) is 0 Å². The van der Waals surface area contributed by atoms with Crippen LogP contribution in [0.2, 0.25) is 0 Å². The number of unbranched alkanes of at least 4 members (excludes halogenated alkanes) is 1. The van der Waals surface area contributed by atoms with Gasteiger partial charge in [-0.05, 0) is 23.8 Å². The number of ketones is 1. The number of piperidine rings is 3. The van der Waals surface area contributed by atoms with Gasteiger partial charge in [0.1, 0.15) is 0 Å². The molecule has 1 aromatic rings. The molecule has 3 aliphatic heterocycles. The third-order valence-electron chi connectivity index (χ3n) is 5.19. The SMILES string of the molecule is CCCC[N+]12CCC(CC1)[C@@H](C(=O)c1cccs1)C2. The molecule has 19 heavy (non-hydrogen) atoms. The molecule has 0 aliphatic carbocycles. The van der Waals surface area contributed by atoms with E-state index in [4.69, 9.17) is 0 Å². The van der Waals surface area contributed by atoms with E-state index in [0.29, 0.717) is 17.6 Å². The Morgan fingerprint density at radius 2 is 2.21 bits per heavy atom. The van der Waals surface area contributed by atoms with Gasteiger partial charge in [0.2, 0.25) is 0 Å². The molecule has 0 spiro atoms. The van der Waals surface area contributed by atoms with Crippen LogP contribution in [0.1, 0.15) is 42.3 Å². The summed E-state index contributed by atoms with van der Waals surface area (Å²) < 4.78 is 1.23. The molecule has 1 atom stereocenters. The van der Waals surface area contributed by atoms with Crippen molar-refractivity contribution in [2.45, 2.75) is 32.6 Å². The summed E-state index contributed by atoms with van der Waals surface area (Å²) in [6.45, 7) is 7.31. The van der Waals surface area contributed by atoms with Crippen LogP contribution in [-0.4, -0.2) is 36.4 Å². The standard InChI is InChI=1S/C16H24NOS/c1-2-3-8-17-9-6-13(7-10-17)14(12-17)16(18)15-5-4-11-19-15/h4-5,11,13-14H,2-3,6-10,12H2,1H3/q+1/t13?,14-,17?/m0/s1. The Kier molecular flexibility index (Phi) is 3.77. The lowest BCUT2D eigenvalue weighted by atomic mass is 9.74. The van der Waals surface area contributed by atoms with Crippen molar-refractivity contribution in [3.8, 4) is 0 Å². The second-order valence-electron chi connectivity index (χ2n) is 6.33. The van der Waals surface area contributed by atoms with Crippen LogP contribution in [-0.2, 0) is 0 Å². The molecule has 0 N–H and O–H groups in total. The van der Waals surface area contributed by atoms with Gasteiger partial charge < -0.3 is 4.48 Å². The summed E-state index contributed by atoms with van der Waals surface area (Å²) in [4.78, 5) is 13.6. The molecule has 3 fully saturated rings. The molecule has 104 valence electrons. The highest BCUT2D eigenvalue weighted by molar-refractivity contribution is 7.12. The first-order chi connectivity index (χ1) is 9.24. The maximum Gasteiger partial charge on any atom is 0.181 e. The average molecular weight is 278 g/mol. The highest BCUT2D eigenvalue weighted by atomic mass is 32.1. The van der Waals surface area contributed by atoms with Crippen molar-refractivity contribution < 1.29 is 9.28 Å². The molecule has 2 bridgehead atoms. The largest absolute Gasteiger partial charge is 0.323 e. The number of carbonyl (C=O) groups excluding carboxylic acids is 1. The van der Waals surface area contributed by atoms with Crippen molar-refractivity contribution in [3.63, 3.8) is 0 Å². The molecule has 0 unspecified atom stereocenters. The van der Waals surface area contributed by atoms with Crippen LogP contribution in [0.4, 0.5) is 0 Å². The van der Waals surface area contributed by atoms with E-state index in [1.54, 1.807) is 11.3 Å². The van der Waals surface area contributed by atoms with Crippen LogP contribution >= 0.6 is 11.3 Å². The normalized spacial score (nSPS) is 33.5. The van der Waals surface area contributed by atoms with Crippen molar-refractivity contribution in [1.82, 2.24) is 0 Å². The highest BCUT2D eigenvalue weighted by Gasteiger charge is 2.48. The number of hydrogen-bond acceptors (Lipinski definition) is 2. The number of rotatable bonds is 5. The second kappa shape index (κ2) is 5.37. The first-order valence-corrected chi connectivity index (χ1v) is 8.55. The number of Topliss-reactive ketones (excluding diaryl/α,β-unsaturated/α-hetero) is 1. The second-order valence-corrected chi connectivity index (χ2v) is 7.28. The smallest absolute Gasteiger partial charge is 0.181 e. The van der Waals surface area contributed by atoms with Gasteiger partial charge in [-0.2, -0.15) is 0 Å². The Morgan fingerprint density at radius 1 is 1.42 bits per heavy atom. The van der Waals surface area contributed by atoms with Gasteiger partial charge in [-0.25, -0.2) is 0 Å². The van der Waals surface area contributed by atoms with E-state index in [1.807, 2.05) is 17.5 Å². The maximum atomic E-state index is 12.7. The molecule has 3 saturated heterocycles. The average Bonchev–Trinajstić information content (AvgIpc) is 3.00. The van der Waals surface area contributed by atoms with Crippen molar-refractivity contribution >= 4 is 17.1 Å². The van der Waals surface area contributed by atoms with E-state index in [2.05, 4.69) is 6.92 Å². The first-order valence-electron chi connectivity index (χ1n) is 7.67. The number of carbonyl (C=O) groups is 1. The van der Waals surface area contributed by atoms with Crippen LogP contribution < -0.4 is 0 Å². The van der Waals surface area contributed by atoms with Gasteiger partial charge >= 0.3 is 0 Å². The van der Waals surface area contributed by atoms with E-state index in [-0.39, 0.29) is 0 Å². The highest BCUT2D eigenvalue weighted by Crippen LogP contribution is 2.40. The van der Waals surface area contributed by atoms with Crippen molar-refractivity contribution in [2.24, 2.45) is 11.8 Å². The number of hydrogen-bond donors (Lipinski definition) is 0. The molecule has 3 aliphatic rings. The molecule has 1 aromatic heterocycles. The zero-order valence-electron chi connectivity index (χ0n) is 11.8. The maximum absolute atomic E-state index is 12.7.